The third kappa shape index (κ3) is 4.75. The maximum atomic E-state index is 13.2. The van der Waals surface area contributed by atoms with Gasteiger partial charge >= 0.3 is 6.03 Å². The molecule has 0 spiro atoms. The number of primary amides is 1. The quantitative estimate of drug-likeness (QED) is 0.309. The van der Waals surface area contributed by atoms with Crippen molar-refractivity contribution >= 4 is 40.3 Å². The first-order chi connectivity index (χ1) is 18.4. The second kappa shape index (κ2) is 10.2. The number of anilines is 2. The van der Waals surface area contributed by atoms with Crippen molar-refractivity contribution in [3.05, 3.63) is 65.7 Å². The van der Waals surface area contributed by atoms with Crippen molar-refractivity contribution in [2.24, 2.45) is 5.73 Å². The second-order valence-corrected chi connectivity index (χ2v) is 9.02. The Morgan fingerprint density at radius 3 is 2.53 bits per heavy atom. The van der Waals surface area contributed by atoms with Crippen molar-refractivity contribution in [1.29, 1.82) is 0 Å². The van der Waals surface area contributed by atoms with E-state index < -0.39 is 11.8 Å². The van der Waals surface area contributed by atoms with Crippen LogP contribution in [-0.2, 0) is 0 Å². The molecule has 38 heavy (non-hydrogen) atoms. The number of aromatic amines is 1. The summed E-state index contributed by atoms with van der Waals surface area (Å²) in [4.78, 5) is 53.4. The highest BCUT2D eigenvalue weighted by atomic mass is 16.2. The molecule has 3 heterocycles. The molecular weight excluding hydrogens is 486 g/mol. The van der Waals surface area contributed by atoms with Gasteiger partial charge in [-0.3, -0.25) is 14.2 Å². The Bertz CT molecular complexity index is 1480. The number of benzene rings is 2. The molecular formula is C26H29N9O3. The number of fused-ring (bicyclic) bond motifs is 1. The molecule has 5 N–H and O–H groups in total. The van der Waals surface area contributed by atoms with E-state index in [1.165, 1.54) is 10.9 Å². The van der Waals surface area contributed by atoms with E-state index in [-0.39, 0.29) is 17.4 Å². The molecule has 0 bridgehead atoms. The molecule has 1 saturated heterocycles. The van der Waals surface area contributed by atoms with E-state index in [9.17, 15) is 14.4 Å². The predicted octanol–water partition coefficient (Wildman–Crippen LogP) is 2.26. The van der Waals surface area contributed by atoms with Gasteiger partial charge in [0.05, 0.1) is 11.0 Å². The number of rotatable bonds is 6. The number of H-pyrrole nitrogens is 1. The summed E-state index contributed by atoms with van der Waals surface area (Å²) in [5.74, 6) is -1.02. The molecule has 196 valence electrons. The number of carbonyl (C=O) groups is 3. The number of aromatic nitrogens is 4. The lowest BCUT2D eigenvalue weighted by molar-refractivity contribution is 0.0970. The summed E-state index contributed by atoms with van der Waals surface area (Å²) in [6.07, 6.45) is 1.35. The number of nitrogens with one attached hydrogen (secondary N) is 3. The van der Waals surface area contributed by atoms with Crippen LogP contribution in [0.5, 0.6) is 0 Å². The standard InChI is InChI=1S/C26H29N9O3/c1-3-28-26(38)34-12-10-33(11-13-34)17-8-9-18(16(2)14-17)30-24(37)21-22(23(27)36)35(15-29-21)25-31-19-6-4-5-7-20(19)32-25/h4-9,14-15H,3,10-13H2,1-2H3,(H2,27,36)(H,28,38)(H,30,37)(H,31,32). The fourth-order valence-corrected chi connectivity index (χ4v) is 4.56. The van der Waals surface area contributed by atoms with Gasteiger partial charge in [0, 0.05) is 44.1 Å². The molecule has 0 atom stereocenters. The van der Waals surface area contributed by atoms with E-state index in [0.717, 1.165) is 16.8 Å². The monoisotopic (exact) mass is 515 g/mol. The topological polar surface area (TPSA) is 154 Å². The number of nitrogens with zero attached hydrogens (tertiary/aromatic N) is 5. The molecule has 0 unspecified atom stereocenters. The summed E-state index contributed by atoms with van der Waals surface area (Å²) < 4.78 is 1.38. The van der Waals surface area contributed by atoms with Crippen molar-refractivity contribution in [2.75, 3.05) is 42.9 Å². The minimum Gasteiger partial charge on any atom is -0.368 e. The van der Waals surface area contributed by atoms with Crippen molar-refractivity contribution in [3.63, 3.8) is 0 Å². The van der Waals surface area contributed by atoms with Crippen LogP contribution in [0.15, 0.2) is 48.8 Å². The molecule has 4 amide bonds. The van der Waals surface area contributed by atoms with Crippen LogP contribution >= 0.6 is 0 Å². The van der Waals surface area contributed by atoms with Crippen LogP contribution in [0.4, 0.5) is 16.2 Å². The second-order valence-electron chi connectivity index (χ2n) is 9.02. The Kier molecular flexibility index (Phi) is 6.69. The number of hydrogen-bond acceptors (Lipinski definition) is 6. The van der Waals surface area contributed by atoms with Gasteiger partial charge in [0.2, 0.25) is 5.95 Å². The summed E-state index contributed by atoms with van der Waals surface area (Å²) in [7, 11) is 0. The molecule has 0 radical (unpaired) electrons. The van der Waals surface area contributed by atoms with Crippen molar-refractivity contribution in [2.45, 2.75) is 13.8 Å². The zero-order chi connectivity index (χ0) is 26.8. The normalized spacial score (nSPS) is 13.5. The van der Waals surface area contributed by atoms with Gasteiger partial charge in [0.25, 0.3) is 11.8 Å². The highest BCUT2D eigenvalue weighted by Crippen LogP contribution is 2.25. The molecule has 1 aliphatic heterocycles. The van der Waals surface area contributed by atoms with Gasteiger partial charge in [-0.05, 0) is 49.7 Å². The number of imidazole rings is 2. The largest absolute Gasteiger partial charge is 0.368 e. The van der Waals surface area contributed by atoms with E-state index in [0.29, 0.717) is 49.9 Å². The average molecular weight is 516 g/mol. The smallest absolute Gasteiger partial charge is 0.317 e. The van der Waals surface area contributed by atoms with E-state index in [2.05, 4.69) is 30.5 Å². The third-order valence-electron chi connectivity index (χ3n) is 6.54. The minimum absolute atomic E-state index is 0.0421. The van der Waals surface area contributed by atoms with Gasteiger partial charge in [-0.2, -0.15) is 0 Å². The summed E-state index contributed by atoms with van der Waals surface area (Å²) in [6, 6.07) is 13.1. The minimum atomic E-state index is -0.799. The van der Waals surface area contributed by atoms with Crippen LogP contribution in [0.1, 0.15) is 33.5 Å². The molecule has 2 aromatic heterocycles. The Hall–Kier alpha value is -4.87. The molecule has 0 aliphatic carbocycles. The summed E-state index contributed by atoms with van der Waals surface area (Å²) >= 11 is 0. The van der Waals surface area contributed by atoms with Gasteiger partial charge in [-0.15, -0.1) is 0 Å². The molecule has 0 saturated carbocycles. The maximum Gasteiger partial charge on any atom is 0.317 e. The lowest BCUT2D eigenvalue weighted by Gasteiger charge is -2.36. The van der Waals surface area contributed by atoms with Gasteiger partial charge in [-0.25, -0.2) is 14.8 Å². The number of aryl methyl sites for hydroxylation is 1. The number of urea groups is 1. The fraction of sp³-hybridized carbons (Fsp3) is 0.269. The van der Waals surface area contributed by atoms with Crippen LogP contribution in [0.3, 0.4) is 0 Å². The first-order valence-electron chi connectivity index (χ1n) is 12.4. The number of carbonyl (C=O) groups excluding carboxylic acids is 3. The zero-order valence-corrected chi connectivity index (χ0v) is 21.2. The van der Waals surface area contributed by atoms with E-state index in [1.807, 2.05) is 61.2 Å². The summed E-state index contributed by atoms with van der Waals surface area (Å²) in [6.45, 7) is 7.09. The van der Waals surface area contributed by atoms with Crippen molar-refractivity contribution in [3.8, 4) is 5.95 Å². The number of amides is 4. The van der Waals surface area contributed by atoms with E-state index >= 15 is 0 Å². The molecule has 4 aromatic rings. The van der Waals surface area contributed by atoms with E-state index in [4.69, 9.17) is 5.73 Å². The van der Waals surface area contributed by atoms with Crippen LogP contribution in [0.2, 0.25) is 0 Å². The third-order valence-corrected chi connectivity index (χ3v) is 6.54. The highest BCUT2D eigenvalue weighted by molar-refractivity contribution is 6.10. The van der Waals surface area contributed by atoms with Crippen LogP contribution in [-0.4, -0.2) is 75.0 Å². The lowest BCUT2D eigenvalue weighted by Crippen LogP contribution is -2.51. The molecule has 2 aromatic carbocycles. The molecule has 1 fully saturated rings. The lowest BCUT2D eigenvalue weighted by atomic mass is 10.1. The van der Waals surface area contributed by atoms with Crippen LogP contribution in [0.25, 0.3) is 17.0 Å². The van der Waals surface area contributed by atoms with Gasteiger partial charge in [0.1, 0.15) is 12.0 Å². The Morgan fingerprint density at radius 1 is 1.08 bits per heavy atom. The number of piperazine rings is 1. The zero-order valence-electron chi connectivity index (χ0n) is 21.2. The molecule has 1 aliphatic rings. The Balaban J connectivity index is 1.32. The maximum absolute atomic E-state index is 13.2. The fourth-order valence-electron chi connectivity index (χ4n) is 4.56. The summed E-state index contributed by atoms with van der Waals surface area (Å²) in [5.41, 5.74) is 9.41. The summed E-state index contributed by atoms with van der Waals surface area (Å²) in [5, 5.41) is 5.68. The number of para-hydroxylation sites is 2. The Labute approximate surface area is 218 Å². The highest BCUT2D eigenvalue weighted by Gasteiger charge is 2.25. The van der Waals surface area contributed by atoms with Crippen LogP contribution in [0, 0.1) is 6.92 Å². The Morgan fingerprint density at radius 2 is 1.84 bits per heavy atom. The van der Waals surface area contributed by atoms with Gasteiger partial charge in [-0.1, -0.05) is 12.1 Å². The van der Waals surface area contributed by atoms with Gasteiger partial charge < -0.3 is 31.2 Å². The molecule has 12 heteroatoms. The van der Waals surface area contributed by atoms with E-state index in [1.54, 1.807) is 0 Å². The number of hydrogen-bond donors (Lipinski definition) is 4. The molecule has 12 nitrogen and oxygen atoms in total. The first-order valence-corrected chi connectivity index (χ1v) is 12.4. The van der Waals surface area contributed by atoms with Gasteiger partial charge in [0.15, 0.2) is 5.69 Å². The average Bonchev–Trinajstić information content (AvgIpc) is 3.55. The van der Waals surface area contributed by atoms with Crippen LogP contribution < -0.4 is 21.3 Å². The molecule has 5 rings (SSSR count). The predicted molar refractivity (Wildman–Crippen MR) is 144 cm³/mol. The van der Waals surface area contributed by atoms with Crippen molar-refractivity contribution < 1.29 is 14.4 Å². The number of nitrogens with two attached hydrogens (primary N) is 1. The first kappa shape index (κ1) is 24.8. The SMILES string of the molecule is CCNC(=O)N1CCN(c2ccc(NC(=O)c3ncn(-c4nc5ccccc5[nH]4)c3C(N)=O)c(C)c2)CC1. The van der Waals surface area contributed by atoms with Crippen molar-refractivity contribution in [1.82, 2.24) is 29.7 Å².